The first kappa shape index (κ1) is 19.3. The van der Waals surface area contributed by atoms with Crippen LogP contribution in [0.4, 0.5) is 10.5 Å². The molecule has 29 heavy (non-hydrogen) atoms. The van der Waals surface area contributed by atoms with E-state index in [0.29, 0.717) is 43.0 Å². The van der Waals surface area contributed by atoms with Crippen molar-refractivity contribution in [3.63, 3.8) is 0 Å². The summed E-state index contributed by atoms with van der Waals surface area (Å²) < 4.78 is 11.0. The lowest BCUT2D eigenvalue weighted by Gasteiger charge is -2.21. The summed E-state index contributed by atoms with van der Waals surface area (Å²) in [5.41, 5.74) is 2.91. The molecule has 4 rings (SSSR count). The molecule has 0 spiro atoms. The van der Waals surface area contributed by atoms with E-state index in [9.17, 15) is 9.59 Å². The summed E-state index contributed by atoms with van der Waals surface area (Å²) >= 11 is 0. The number of ether oxygens (including phenoxy) is 2. The smallest absolute Gasteiger partial charge is 0.325 e. The molecule has 2 aromatic carbocycles. The molecule has 0 unspecified atom stereocenters. The Morgan fingerprint density at radius 2 is 1.86 bits per heavy atom. The minimum absolute atomic E-state index is 0.188. The molecule has 152 valence electrons. The van der Waals surface area contributed by atoms with Crippen LogP contribution in [0, 0.1) is 6.92 Å². The van der Waals surface area contributed by atoms with Crippen molar-refractivity contribution in [2.24, 2.45) is 0 Å². The zero-order chi connectivity index (χ0) is 20.2. The lowest BCUT2D eigenvalue weighted by molar-refractivity contribution is -0.121. The summed E-state index contributed by atoms with van der Waals surface area (Å²) in [6.45, 7) is 3.92. The number of hydrogen-bond acceptors (Lipinski definition) is 5. The predicted molar refractivity (Wildman–Crippen MR) is 109 cm³/mol. The third-order valence-electron chi connectivity index (χ3n) is 4.93. The number of nitrogens with zero attached hydrogens (tertiary/aromatic N) is 1. The lowest BCUT2D eigenvalue weighted by atomic mass is 10.1. The number of hydrogen-bond donors (Lipinski definition) is 2. The van der Waals surface area contributed by atoms with Crippen molar-refractivity contribution in [3.8, 4) is 11.5 Å². The fourth-order valence-corrected chi connectivity index (χ4v) is 3.43. The Labute approximate surface area is 170 Å². The van der Waals surface area contributed by atoms with E-state index in [2.05, 4.69) is 40.7 Å². The standard InChI is InChI=1S/C22H25N3O4/c1-15-3-2-4-16(11-15)13-25(18-6-7-18)14-21(26)24-22(27)23-17-5-8-19-20(12-17)29-10-9-28-19/h2-5,8,11-12,18H,6-7,9-10,13-14H2,1H3,(H2,23,24,26,27). The SMILES string of the molecule is Cc1cccc(CN(CC(=O)NC(=O)Nc2ccc3c(c2)OCCO3)C2CC2)c1. The molecule has 0 aromatic heterocycles. The number of rotatable bonds is 6. The highest BCUT2D eigenvalue weighted by atomic mass is 16.6. The highest BCUT2D eigenvalue weighted by Crippen LogP contribution is 2.32. The van der Waals surface area contributed by atoms with Crippen LogP contribution in [0.3, 0.4) is 0 Å². The summed E-state index contributed by atoms with van der Waals surface area (Å²) in [4.78, 5) is 26.8. The van der Waals surface area contributed by atoms with Crippen LogP contribution in [0.5, 0.6) is 11.5 Å². The van der Waals surface area contributed by atoms with Crippen molar-refractivity contribution in [2.45, 2.75) is 32.4 Å². The van der Waals surface area contributed by atoms with E-state index in [1.807, 2.05) is 6.07 Å². The van der Waals surface area contributed by atoms with Gasteiger partial charge in [-0.25, -0.2) is 4.79 Å². The topological polar surface area (TPSA) is 79.9 Å². The van der Waals surface area contributed by atoms with Gasteiger partial charge in [-0.05, 0) is 37.5 Å². The Bertz CT molecular complexity index is 911. The predicted octanol–water partition coefficient (Wildman–Crippen LogP) is 3.08. The molecule has 0 bridgehead atoms. The Balaban J connectivity index is 1.31. The zero-order valence-electron chi connectivity index (χ0n) is 16.4. The first-order valence-corrected chi connectivity index (χ1v) is 9.87. The molecule has 2 N–H and O–H groups in total. The van der Waals surface area contributed by atoms with Gasteiger partial charge in [0.15, 0.2) is 11.5 Å². The maximum absolute atomic E-state index is 12.4. The lowest BCUT2D eigenvalue weighted by Crippen LogP contribution is -2.42. The number of carbonyl (C=O) groups is 2. The van der Waals surface area contributed by atoms with Gasteiger partial charge < -0.3 is 14.8 Å². The zero-order valence-corrected chi connectivity index (χ0v) is 16.4. The molecule has 7 nitrogen and oxygen atoms in total. The van der Waals surface area contributed by atoms with Crippen LogP contribution in [-0.2, 0) is 11.3 Å². The Morgan fingerprint density at radius 3 is 2.62 bits per heavy atom. The number of imide groups is 1. The number of urea groups is 1. The molecule has 1 aliphatic heterocycles. The van der Waals surface area contributed by atoms with E-state index in [4.69, 9.17) is 9.47 Å². The molecule has 1 aliphatic carbocycles. The number of amides is 3. The maximum Gasteiger partial charge on any atom is 0.325 e. The summed E-state index contributed by atoms with van der Waals surface area (Å²) in [6.07, 6.45) is 2.17. The van der Waals surface area contributed by atoms with Crippen molar-refractivity contribution >= 4 is 17.6 Å². The van der Waals surface area contributed by atoms with Crippen LogP contribution in [0.1, 0.15) is 24.0 Å². The minimum atomic E-state index is -0.557. The van der Waals surface area contributed by atoms with Gasteiger partial charge in [-0.1, -0.05) is 29.8 Å². The van der Waals surface area contributed by atoms with E-state index in [0.717, 1.165) is 12.8 Å². The van der Waals surface area contributed by atoms with Gasteiger partial charge in [0.05, 0.1) is 6.54 Å². The van der Waals surface area contributed by atoms with Crippen LogP contribution >= 0.6 is 0 Å². The summed E-state index contributed by atoms with van der Waals surface area (Å²) in [7, 11) is 0. The molecule has 2 aliphatic rings. The van der Waals surface area contributed by atoms with Gasteiger partial charge in [-0.2, -0.15) is 0 Å². The Hall–Kier alpha value is -3.06. The van der Waals surface area contributed by atoms with E-state index < -0.39 is 6.03 Å². The third-order valence-corrected chi connectivity index (χ3v) is 4.93. The number of benzene rings is 2. The molecule has 0 saturated heterocycles. The molecule has 1 fully saturated rings. The van der Waals surface area contributed by atoms with Crippen LogP contribution in [-0.4, -0.2) is 42.6 Å². The van der Waals surface area contributed by atoms with Gasteiger partial charge in [0.1, 0.15) is 13.2 Å². The number of nitrogens with one attached hydrogen (secondary N) is 2. The monoisotopic (exact) mass is 395 g/mol. The summed E-state index contributed by atoms with van der Waals surface area (Å²) in [5.74, 6) is 0.910. The average molecular weight is 395 g/mol. The average Bonchev–Trinajstić information content (AvgIpc) is 3.52. The fourth-order valence-electron chi connectivity index (χ4n) is 3.43. The minimum Gasteiger partial charge on any atom is -0.486 e. The molecule has 0 radical (unpaired) electrons. The molecular weight excluding hydrogens is 370 g/mol. The van der Waals surface area contributed by atoms with Gasteiger partial charge in [-0.3, -0.25) is 15.0 Å². The molecular formula is C22H25N3O4. The van der Waals surface area contributed by atoms with E-state index in [1.165, 1.54) is 11.1 Å². The second kappa shape index (κ2) is 8.53. The van der Waals surface area contributed by atoms with E-state index >= 15 is 0 Å². The highest BCUT2D eigenvalue weighted by molar-refractivity contribution is 6.01. The molecule has 3 amide bonds. The van der Waals surface area contributed by atoms with Gasteiger partial charge in [0.2, 0.25) is 5.91 Å². The second-order valence-electron chi connectivity index (χ2n) is 7.49. The van der Waals surface area contributed by atoms with E-state index in [1.54, 1.807) is 18.2 Å². The summed E-state index contributed by atoms with van der Waals surface area (Å²) in [5, 5.41) is 5.09. The van der Waals surface area contributed by atoms with Gasteiger partial charge in [0.25, 0.3) is 0 Å². The van der Waals surface area contributed by atoms with Crippen LogP contribution in [0.2, 0.25) is 0 Å². The van der Waals surface area contributed by atoms with E-state index in [-0.39, 0.29) is 12.5 Å². The largest absolute Gasteiger partial charge is 0.486 e. The number of anilines is 1. The number of carbonyl (C=O) groups excluding carboxylic acids is 2. The van der Waals surface area contributed by atoms with Crippen molar-refractivity contribution in [1.29, 1.82) is 0 Å². The van der Waals surface area contributed by atoms with Crippen molar-refractivity contribution in [3.05, 3.63) is 53.6 Å². The first-order chi connectivity index (χ1) is 14.1. The third kappa shape index (κ3) is 5.26. The molecule has 1 saturated carbocycles. The molecule has 2 aromatic rings. The Morgan fingerprint density at radius 1 is 1.07 bits per heavy atom. The quantitative estimate of drug-likeness (QED) is 0.786. The number of fused-ring (bicyclic) bond motifs is 1. The normalized spacial score (nSPS) is 15.1. The first-order valence-electron chi connectivity index (χ1n) is 9.87. The Kier molecular flexibility index (Phi) is 5.67. The van der Waals surface area contributed by atoms with Gasteiger partial charge >= 0.3 is 6.03 Å². The van der Waals surface area contributed by atoms with Crippen molar-refractivity contribution in [2.75, 3.05) is 25.1 Å². The number of aryl methyl sites for hydroxylation is 1. The molecule has 7 heteroatoms. The van der Waals surface area contributed by atoms with Crippen LogP contribution < -0.4 is 20.1 Å². The molecule has 0 atom stereocenters. The van der Waals surface area contributed by atoms with Crippen LogP contribution in [0.15, 0.2) is 42.5 Å². The van der Waals surface area contributed by atoms with Gasteiger partial charge in [0, 0.05) is 24.3 Å². The highest BCUT2D eigenvalue weighted by Gasteiger charge is 2.30. The van der Waals surface area contributed by atoms with Crippen LogP contribution in [0.25, 0.3) is 0 Å². The molecule has 1 heterocycles. The van der Waals surface area contributed by atoms with Crippen molar-refractivity contribution in [1.82, 2.24) is 10.2 Å². The van der Waals surface area contributed by atoms with Crippen molar-refractivity contribution < 1.29 is 19.1 Å². The maximum atomic E-state index is 12.4. The van der Waals surface area contributed by atoms with Gasteiger partial charge in [-0.15, -0.1) is 0 Å². The fraction of sp³-hybridized carbons (Fsp3) is 0.364. The summed E-state index contributed by atoms with van der Waals surface area (Å²) in [6, 6.07) is 13.3. The second-order valence-corrected chi connectivity index (χ2v) is 7.49.